The van der Waals surface area contributed by atoms with Crippen molar-refractivity contribution in [1.29, 1.82) is 5.26 Å². The van der Waals surface area contributed by atoms with Crippen LogP contribution in [0.2, 0.25) is 5.02 Å². The third kappa shape index (κ3) is 1.17. The van der Waals surface area contributed by atoms with Gasteiger partial charge in [-0.1, -0.05) is 11.6 Å². The fourth-order valence-corrected chi connectivity index (χ4v) is 1.38. The van der Waals surface area contributed by atoms with Gasteiger partial charge in [0.2, 0.25) is 0 Å². The number of fused-ring (bicyclic) bond motifs is 1. The van der Waals surface area contributed by atoms with Crippen LogP contribution in [0.4, 0.5) is 0 Å². The van der Waals surface area contributed by atoms with E-state index >= 15 is 0 Å². The van der Waals surface area contributed by atoms with Crippen molar-refractivity contribution in [2.45, 2.75) is 6.54 Å². The summed E-state index contributed by atoms with van der Waals surface area (Å²) < 4.78 is 2.38. The minimum Gasteiger partial charge on any atom is -0.249 e. The van der Waals surface area contributed by atoms with Gasteiger partial charge in [-0.2, -0.15) is 9.94 Å². The smallest absolute Gasteiger partial charge is 0.249 e. The van der Waals surface area contributed by atoms with E-state index in [1.54, 1.807) is 18.3 Å². The zero-order chi connectivity index (χ0) is 10.1. The lowest BCUT2D eigenvalue weighted by Crippen LogP contribution is -2.20. The Labute approximate surface area is 83.8 Å². The molecule has 5 nitrogen and oxygen atoms in total. The van der Waals surface area contributed by atoms with E-state index in [2.05, 4.69) is 5.10 Å². The van der Waals surface area contributed by atoms with Gasteiger partial charge in [0.15, 0.2) is 5.65 Å². The van der Waals surface area contributed by atoms with E-state index in [0.29, 0.717) is 10.7 Å². The highest BCUT2D eigenvalue weighted by Crippen LogP contribution is 2.11. The maximum Gasteiger partial charge on any atom is 0.351 e. The lowest BCUT2D eigenvalue weighted by molar-refractivity contribution is 0.679. The third-order valence-corrected chi connectivity index (χ3v) is 2.08. The molecule has 0 aliphatic rings. The molecule has 0 fully saturated rings. The number of rotatable bonds is 1. The molecular formula is C8H5ClN4O. The van der Waals surface area contributed by atoms with Gasteiger partial charge in [0.25, 0.3) is 0 Å². The number of nitriles is 1. The number of hydrogen-bond acceptors (Lipinski definition) is 3. The van der Waals surface area contributed by atoms with E-state index in [9.17, 15) is 4.79 Å². The van der Waals surface area contributed by atoms with Crippen LogP contribution in [0.1, 0.15) is 0 Å². The summed E-state index contributed by atoms with van der Waals surface area (Å²) in [7, 11) is 0. The molecule has 2 rings (SSSR count). The predicted octanol–water partition coefficient (Wildman–Crippen LogP) is 0.673. The number of pyridine rings is 1. The maximum absolute atomic E-state index is 11.5. The molecule has 2 aromatic rings. The summed E-state index contributed by atoms with van der Waals surface area (Å²) in [5, 5.41) is 12.8. The van der Waals surface area contributed by atoms with Crippen molar-refractivity contribution < 1.29 is 0 Å². The second kappa shape index (κ2) is 3.16. The molecule has 0 bridgehead atoms. The van der Waals surface area contributed by atoms with Crippen LogP contribution in [-0.4, -0.2) is 14.2 Å². The normalized spacial score (nSPS) is 10.3. The van der Waals surface area contributed by atoms with Gasteiger partial charge in [-0.05, 0) is 12.1 Å². The van der Waals surface area contributed by atoms with Gasteiger partial charge in [0, 0.05) is 6.20 Å². The summed E-state index contributed by atoms with van der Waals surface area (Å²) in [5.74, 6) is 0. The second-order valence-corrected chi connectivity index (χ2v) is 3.06. The van der Waals surface area contributed by atoms with Crippen molar-refractivity contribution in [3.8, 4) is 6.07 Å². The summed E-state index contributed by atoms with van der Waals surface area (Å²) in [4.78, 5) is 11.5. The molecule has 0 radical (unpaired) electrons. The molecule has 2 heterocycles. The standard InChI is InChI=1S/C8H5ClN4O/c9-6-2-1-4-12-7(6)11-13(5-3-10)8(12)14/h1-2,4H,5H2. The van der Waals surface area contributed by atoms with E-state index in [0.717, 1.165) is 4.68 Å². The Morgan fingerprint density at radius 1 is 1.64 bits per heavy atom. The first kappa shape index (κ1) is 8.78. The fraction of sp³-hybridized carbons (Fsp3) is 0.125. The Bertz CT molecular complexity index is 577. The molecule has 2 aromatic heterocycles. The maximum atomic E-state index is 11.5. The summed E-state index contributed by atoms with van der Waals surface area (Å²) in [5.41, 5.74) is 0.0125. The highest BCUT2D eigenvalue weighted by atomic mass is 35.5. The fourth-order valence-electron chi connectivity index (χ4n) is 1.18. The number of nitrogens with zero attached hydrogens (tertiary/aromatic N) is 4. The zero-order valence-corrected chi connectivity index (χ0v) is 7.77. The monoisotopic (exact) mass is 208 g/mol. The minimum absolute atomic E-state index is 0.0726. The molecule has 0 spiro atoms. The van der Waals surface area contributed by atoms with Gasteiger partial charge in [0.1, 0.15) is 6.54 Å². The van der Waals surface area contributed by atoms with Crippen molar-refractivity contribution in [1.82, 2.24) is 14.2 Å². The Balaban J connectivity index is 2.81. The minimum atomic E-state index is -0.357. The number of hydrogen-bond donors (Lipinski definition) is 0. The van der Waals surface area contributed by atoms with Gasteiger partial charge in [-0.15, -0.1) is 5.10 Å². The molecule has 14 heavy (non-hydrogen) atoms. The van der Waals surface area contributed by atoms with Gasteiger partial charge < -0.3 is 0 Å². The number of halogens is 1. The van der Waals surface area contributed by atoms with E-state index in [1.165, 1.54) is 4.40 Å². The summed E-state index contributed by atoms with van der Waals surface area (Å²) in [6, 6.07) is 5.14. The van der Waals surface area contributed by atoms with Crippen LogP contribution >= 0.6 is 11.6 Å². The van der Waals surface area contributed by atoms with Crippen LogP contribution in [-0.2, 0) is 6.54 Å². The highest BCUT2D eigenvalue weighted by Gasteiger charge is 2.07. The first-order valence-electron chi connectivity index (χ1n) is 3.84. The third-order valence-electron chi connectivity index (χ3n) is 1.78. The Morgan fingerprint density at radius 2 is 2.43 bits per heavy atom. The highest BCUT2D eigenvalue weighted by molar-refractivity contribution is 6.33. The molecule has 0 unspecified atom stereocenters. The lowest BCUT2D eigenvalue weighted by atomic mass is 10.5. The van der Waals surface area contributed by atoms with Crippen molar-refractivity contribution in [2.24, 2.45) is 0 Å². The van der Waals surface area contributed by atoms with E-state index in [1.807, 2.05) is 6.07 Å². The largest absolute Gasteiger partial charge is 0.351 e. The molecule has 0 saturated carbocycles. The van der Waals surface area contributed by atoms with Gasteiger partial charge in [-0.25, -0.2) is 9.20 Å². The van der Waals surface area contributed by atoms with Crippen LogP contribution in [0.25, 0.3) is 5.65 Å². The average Bonchev–Trinajstić information content (AvgIpc) is 2.48. The predicted molar refractivity (Wildman–Crippen MR) is 50.1 cm³/mol. The molecule has 0 aromatic carbocycles. The summed E-state index contributed by atoms with van der Waals surface area (Å²) in [6.45, 7) is -0.0726. The van der Waals surface area contributed by atoms with Crippen LogP contribution in [0, 0.1) is 11.3 Å². The van der Waals surface area contributed by atoms with Gasteiger partial charge in [0.05, 0.1) is 11.1 Å². The molecule has 0 aliphatic heterocycles. The summed E-state index contributed by atoms with van der Waals surface area (Å²) >= 11 is 5.82. The molecule has 0 amide bonds. The molecule has 70 valence electrons. The first-order valence-corrected chi connectivity index (χ1v) is 4.22. The van der Waals surface area contributed by atoms with E-state index in [-0.39, 0.29) is 12.2 Å². The molecule has 0 atom stereocenters. The topological polar surface area (TPSA) is 63.1 Å². The van der Waals surface area contributed by atoms with Crippen LogP contribution in [0.5, 0.6) is 0 Å². The van der Waals surface area contributed by atoms with Crippen LogP contribution in [0.3, 0.4) is 0 Å². The first-order chi connectivity index (χ1) is 6.74. The zero-order valence-electron chi connectivity index (χ0n) is 7.01. The quantitative estimate of drug-likeness (QED) is 0.692. The van der Waals surface area contributed by atoms with Crippen LogP contribution in [0.15, 0.2) is 23.1 Å². The Hall–Kier alpha value is -1.80. The average molecular weight is 209 g/mol. The Kier molecular flexibility index (Phi) is 1.98. The van der Waals surface area contributed by atoms with Gasteiger partial charge in [-0.3, -0.25) is 0 Å². The second-order valence-electron chi connectivity index (χ2n) is 2.65. The van der Waals surface area contributed by atoms with E-state index in [4.69, 9.17) is 16.9 Å². The molecule has 0 aliphatic carbocycles. The SMILES string of the molecule is N#CCn1nc2c(Cl)cccn2c1=O. The van der Waals surface area contributed by atoms with Crippen molar-refractivity contribution in [3.05, 3.63) is 33.8 Å². The van der Waals surface area contributed by atoms with E-state index < -0.39 is 0 Å². The summed E-state index contributed by atoms with van der Waals surface area (Å²) in [6.07, 6.45) is 1.56. The molecule has 0 saturated heterocycles. The van der Waals surface area contributed by atoms with Crippen molar-refractivity contribution >= 4 is 17.2 Å². The van der Waals surface area contributed by atoms with Crippen LogP contribution < -0.4 is 5.69 Å². The molecule has 0 N–H and O–H groups in total. The number of aromatic nitrogens is 3. The van der Waals surface area contributed by atoms with Gasteiger partial charge >= 0.3 is 5.69 Å². The van der Waals surface area contributed by atoms with Crippen molar-refractivity contribution in [3.63, 3.8) is 0 Å². The lowest BCUT2D eigenvalue weighted by Gasteiger charge is -1.89. The Morgan fingerprint density at radius 3 is 3.07 bits per heavy atom. The molecular weight excluding hydrogens is 204 g/mol. The molecule has 6 heteroatoms. The van der Waals surface area contributed by atoms with Crippen molar-refractivity contribution in [2.75, 3.05) is 0 Å².